The van der Waals surface area contributed by atoms with E-state index in [0.717, 1.165) is 0 Å². The van der Waals surface area contributed by atoms with Crippen molar-refractivity contribution >= 4 is 5.91 Å². The molecule has 0 radical (unpaired) electrons. The Hall–Kier alpha value is -4.02. The average Bonchev–Trinajstić information content (AvgIpc) is 3.43. The highest BCUT2D eigenvalue weighted by Crippen LogP contribution is 2.32. The van der Waals surface area contributed by atoms with Crippen molar-refractivity contribution in [3.05, 3.63) is 53.4 Å². The van der Waals surface area contributed by atoms with E-state index < -0.39 is 11.9 Å². The smallest absolute Gasteiger partial charge is 0.253 e. The van der Waals surface area contributed by atoms with Crippen molar-refractivity contribution in [2.75, 3.05) is 39.9 Å². The lowest BCUT2D eigenvalue weighted by atomic mass is 10.0. The van der Waals surface area contributed by atoms with Gasteiger partial charge in [0, 0.05) is 50.2 Å². The van der Waals surface area contributed by atoms with E-state index in [1.807, 2.05) is 11.0 Å². The zero-order valence-electron chi connectivity index (χ0n) is 18.9. The summed E-state index contributed by atoms with van der Waals surface area (Å²) in [5, 5.41) is 20.2. The number of halogens is 1. The Morgan fingerprint density at radius 2 is 2.11 bits per heavy atom. The van der Waals surface area contributed by atoms with Crippen LogP contribution in [0.25, 0.3) is 5.95 Å². The molecule has 1 amide bonds. The van der Waals surface area contributed by atoms with Gasteiger partial charge in [0.1, 0.15) is 24.0 Å². The van der Waals surface area contributed by atoms with Crippen LogP contribution in [0.5, 0.6) is 5.75 Å². The molecule has 1 aromatic carbocycles. The van der Waals surface area contributed by atoms with Crippen molar-refractivity contribution in [3.63, 3.8) is 0 Å². The number of morpholine rings is 1. The molecule has 2 saturated heterocycles. The van der Waals surface area contributed by atoms with Crippen molar-refractivity contribution in [1.29, 1.82) is 5.26 Å². The maximum atomic E-state index is 14.7. The lowest BCUT2D eigenvalue weighted by molar-refractivity contribution is -0.139. The SMILES string of the molecule is COc1cc(F)c(C2CN3CCN(C(=O)Cc4cnc(-n5cnnn5)nc4)CC3CO2)cc1C#N. The van der Waals surface area contributed by atoms with Gasteiger partial charge in [0.05, 0.1) is 37.8 Å². The van der Waals surface area contributed by atoms with Gasteiger partial charge in [-0.1, -0.05) is 0 Å². The monoisotopic (exact) mass is 479 g/mol. The first-order chi connectivity index (χ1) is 17.1. The van der Waals surface area contributed by atoms with Crippen LogP contribution in [0.1, 0.15) is 22.8 Å². The average molecular weight is 479 g/mol. The molecule has 3 aromatic rings. The lowest BCUT2D eigenvalue weighted by Crippen LogP contribution is -2.59. The van der Waals surface area contributed by atoms with E-state index in [0.29, 0.717) is 49.9 Å². The molecule has 35 heavy (non-hydrogen) atoms. The van der Waals surface area contributed by atoms with Gasteiger partial charge < -0.3 is 14.4 Å². The molecule has 0 aliphatic carbocycles. The molecule has 2 aromatic heterocycles. The highest BCUT2D eigenvalue weighted by atomic mass is 19.1. The first-order valence-corrected chi connectivity index (χ1v) is 11.0. The molecule has 2 atom stereocenters. The second kappa shape index (κ2) is 9.69. The molecular formula is C22H22FN9O3. The van der Waals surface area contributed by atoms with Crippen LogP contribution in [-0.2, 0) is 16.0 Å². The van der Waals surface area contributed by atoms with Crippen LogP contribution in [0.4, 0.5) is 4.39 Å². The summed E-state index contributed by atoms with van der Waals surface area (Å²) in [6.07, 6.45) is 4.25. The number of hydrogen-bond donors (Lipinski definition) is 0. The van der Waals surface area contributed by atoms with E-state index in [1.165, 1.54) is 30.3 Å². The molecular weight excluding hydrogens is 457 g/mol. The standard InChI is InChI=1S/C22H22FN9O3/c1-34-19-6-18(23)17(5-15(19)7-24)20-11-30-2-3-31(10-16(30)12-35-20)21(33)4-14-8-25-22(26-9-14)32-13-27-28-29-32/h5-6,8-9,13,16,20H,2-4,10-12H2,1H3. The Balaban J connectivity index is 1.19. The number of piperazine rings is 1. The Bertz CT molecular complexity index is 1250. The number of nitrogens with zero attached hydrogens (tertiary/aromatic N) is 9. The summed E-state index contributed by atoms with van der Waals surface area (Å²) >= 11 is 0. The number of fused-ring (bicyclic) bond motifs is 1. The molecule has 5 rings (SSSR count). The number of benzene rings is 1. The van der Waals surface area contributed by atoms with E-state index in [4.69, 9.17) is 9.47 Å². The first kappa shape index (κ1) is 22.8. The fourth-order valence-corrected chi connectivity index (χ4v) is 4.37. The third-order valence-corrected chi connectivity index (χ3v) is 6.23. The summed E-state index contributed by atoms with van der Waals surface area (Å²) < 4.78 is 27.1. The Kier molecular flexibility index (Phi) is 6.30. The molecule has 2 unspecified atom stereocenters. The van der Waals surface area contributed by atoms with E-state index in [9.17, 15) is 14.4 Å². The highest BCUT2D eigenvalue weighted by Gasteiger charge is 2.36. The summed E-state index contributed by atoms with van der Waals surface area (Å²) in [7, 11) is 1.40. The van der Waals surface area contributed by atoms with Crippen molar-refractivity contribution in [3.8, 4) is 17.8 Å². The lowest BCUT2D eigenvalue weighted by Gasteiger charge is -2.46. The van der Waals surface area contributed by atoms with Gasteiger partial charge in [-0.25, -0.2) is 14.4 Å². The number of amides is 1. The predicted octanol–water partition coefficient (Wildman–Crippen LogP) is 0.298. The molecule has 2 aliphatic rings. The zero-order chi connectivity index (χ0) is 24.4. The van der Waals surface area contributed by atoms with Gasteiger partial charge in [0.15, 0.2) is 0 Å². The molecule has 0 N–H and O–H groups in total. The van der Waals surface area contributed by atoms with Crippen molar-refractivity contribution < 1.29 is 18.7 Å². The van der Waals surface area contributed by atoms with Crippen LogP contribution in [-0.4, -0.2) is 91.8 Å². The Morgan fingerprint density at radius 3 is 2.83 bits per heavy atom. The van der Waals surface area contributed by atoms with E-state index in [1.54, 1.807) is 12.4 Å². The number of aromatic nitrogens is 6. The van der Waals surface area contributed by atoms with Crippen molar-refractivity contribution in [2.24, 2.45) is 0 Å². The van der Waals surface area contributed by atoms with E-state index in [2.05, 4.69) is 30.4 Å². The van der Waals surface area contributed by atoms with Gasteiger partial charge in [-0.05, 0) is 22.1 Å². The van der Waals surface area contributed by atoms with Gasteiger partial charge >= 0.3 is 0 Å². The molecule has 2 fully saturated rings. The Labute approximate surface area is 199 Å². The number of tetrazole rings is 1. The third-order valence-electron chi connectivity index (χ3n) is 6.23. The zero-order valence-corrected chi connectivity index (χ0v) is 18.9. The van der Waals surface area contributed by atoms with Crippen LogP contribution >= 0.6 is 0 Å². The van der Waals surface area contributed by atoms with Crippen LogP contribution in [0.15, 0.2) is 30.9 Å². The largest absolute Gasteiger partial charge is 0.495 e. The molecule has 180 valence electrons. The van der Waals surface area contributed by atoms with Crippen molar-refractivity contribution in [2.45, 2.75) is 18.6 Å². The third kappa shape index (κ3) is 4.66. The molecule has 0 spiro atoms. The van der Waals surface area contributed by atoms with E-state index >= 15 is 0 Å². The fraction of sp³-hybridized carbons (Fsp3) is 0.409. The number of rotatable bonds is 5. The molecule has 4 heterocycles. The summed E-state index contributed by atoms with van der Waals surface area (Å²) in [5.41, 5.74) is 1.29. The van der Waals surface area contributed by atoms with E-state index in [-0.39, 0.29) is 29.7 Å². The number of ether oxygens (including phenoxy) is 2. The molecule has 13 heteroatoms. The van der Waals surface area contributed by atoms with Crippen LogP contribution < -0.4 is 4.74 Å². The first-order valence-electron chi connectivity index (χ1n) is 11.0. The van der Waals surface area contributed by atoms with Gasteiger partial charge in [0.2, 0.25) is 5.91 Å². The normalized spacial score (nSPS) is 20.2. The van der Waals surface area contributed by atoms with Crippen molar-refractivity contribution in [1.82, 2.24) is 40.0 Å². The maximum Gasteiger partial charge on any atom is 0.253 e. The summed E-state index contributed by atoms with van der Waals surface area (Å²) in [6, 6.07) is 4.76. The minimum absolute atomic E-state index is 0.0131. The second-order valence-electron chi connectivity index (χ2n) is 8.32. The highest BCUT2D eigenvalue weighted by molar-refractivity contribution is 5.78. The summed E-state index contributed by atoms with van der Waals surface area (Å²) in [4.78, 5) is 25.3. The van der Waals surface area contributed by atoms with Gasteiger partial charge in [-0.15, -0.1) is 5.10 Å². The molecule has 2 aliphatic heterocycles. The van der Waals surface area contributed by atoms with Crippen LogP contribution in [0.3, 0.4) is 0 Å². The fourth-order valence-electron chi connectivity index (χ4n) is 4.37. The minimum atomic E-state index is -0.498. The molecule has 12 nitrogen and oxygen atoms in total. The minimum Gasteiger partial charge on any atom is -0.495 e. The summed E-state index contributed by atoms with van der Waals surface area (Å²) in [6.45, 7) is 2.55. The topological polar surface area (TPSA) is 135 Å². The van der Waals surface area contributed by atoms with Crippen LogP contribution in [0, 0.1) is 17.1 Å². The second-order valence-corrected chi connectivity index (χ2v) is 8.32. The van der Waals surface area contributed by atoms with Gasteiger partial charge in [-0.3, -0.25) is 9.69 Å². The maximum absolute atomic E-state index is 14.7. The quantitative estimate of drug-likeness (QED) is 0.503. The van der Waals surface area contributed by atoms with Gasteiger partial charge in [0.25, 0.3) is 5.95 Å². The Morgan fingerprint density at radius 1 is 1.29 bits per heavy atom. The number of carbonyl (C=O) groups is 1. The molecule has 0 saturated carbocycles. The number of carbonyl (C=O) groups excluding carboxylic acids is 1. The summed E-state index contributed by atoms with van der Waals surface area (Å²) in [5.74, 6) is 0.0331. The predicted molar refractivity (Wildman–Crippen MR) is 117 cm³/mol. The van der Waals surface area contributed by atoms with Crippen LogP contribution in [0.2, 0.25) is 0 Å². The number of nitriles is 1. The number of methoxy groups -OCH3 is 1. The van der Waals surface area contributed by atoms with Gasteiger partial charge in [-0.2, -0.15) is 9.94 Å². The number of hydrogen-bond acceptors (Lipinski definition) is 10. The molecule has 0 bridgehead atoms.